The summed E-state index contributed by atoms with van der Waals surface area (Å²) >= 11 is 0. The number of amides is 1. The largest absolute Gasteiger partial charge is 0.490 e. The van der Waals surface area contributed by atoms with Crippen molar-refractivity contribution in [2.45, 2.75) is 90.5 Å². The maximum Gasteiger partial charge on any atom is 0.420 e. The van der Waals surface area contributed by atoms with Crippen LogP contribution in [0.25, 0.3) is 0 Å². The summed E-state index contributed by atoms with van der Waals surface area (Å²) in [6, 6.07) is 3.29. The SMILES string of the molecule is CC(C)(C)[C@H]1CC[C@H](Oc2ccc3c(c2C(F)(F)F)CC[C@H]([C@]2(C)COC(=O)N2)C3)CC1. The minimum absolute atomic E-state index is 0.0296. The molecule has 2 atom stereocenters. The fourth-order valence-electron chi connectivity index (χ4n) is 5.75. The second-order valence-corrected chi connectivity index (χ2v) is 11.1. The topological polar surface area (TPSA) is 47.6 Å². The van der Waals surface area contributed by atoms with Crippen LogP contribution in [0.2, 0.25) is 0 Å². The minimum atomic E-state index is -4.47. The first kappa shape index (κ1) is 23.2. The van der Waals surface area contributed by atoms with Crippen LogP contribution in [0.1, 0.15) is 76.5 Å². The van der Waals surface area contributed by atoms with Crippen molar-refractivity contribution in [1.82, 2.24) is 5.32 Å². The van der Waals surface area contributed by atoms with Crippen molar-refractivity contribution < 1.29 is 27.4 Å². The molecule has 1 saturated heterocycles. The van der Waals surface area contributed by atoms with Crippen LogP contribution < -0.4 is 10.1 Å². The number of benzene rings is 1. The molecule has 1 aromatic rings. The molecule has 2 aliphatic carbocycles. The maximum atomic E-state index is 14.2. The Labute approximate surface area is 188 Å². The Bertz CT molecular complexity index is 868. The molecule has 1 heterocycles. The van der Waals surface area contributed by atoms with Crippen LogP contribution in [0.3, 0.4) is 0 Å². The Morgan fingerprint density at radius 2 is 1.78 bits per heavy atom. The van der Waals surface area contributed by atoms with Crippen molar-refractivity contribution in [3.63, 3.8) is 0 Å². The maximum absolute atomic E-state index is 14.2. The van der Waals surface area contributed by atoms with E-state index in [9.17, 15) is 18.0 Å². The van der Waals surface area contributed by atoms with Gasteiger partial charge in [-0.1, -0.05) is 26.8 Å². The molecule has 0 aromatic heterocycles. The molecule has 0 bridgehead atoms. The lowest BCUT2D eigenvalue weighted by Crippen LogP contribution is -2.49. The third kappa shape index (κ3) is 4.58. The van der Waals surface area contributed by atoms with Crippen LogP contribution in [0.15, 0.2) is 12.1 Å². The standard InChI is InChI=1S/C25H34F3NO3/c1-23(2,3)16-6-9-18(10-7-16)32-20-12-5-15-13-17(24(4)14-31-22(30)29-24)8-11-19(15)21(20)25(26,27)28/h5,12,16-18H,6-11,13-14H2,1-4H3,(H,29,30)/t16-,17-,18-,24-/m0/s1. The number of cyclic esters (lactones) is 1. The van der Waals surface area contributed by atoms with Crippen molar-refractivity contribution >= 4 is 6.09 Å². The smallest absolute Gasteiger partial charge is 0.420 e. The zero-order valence-corrected chi connectivity index (χ0v) is 19.4. The summed E-state index contributed by atoms with van der Waals surface area (Å²) in [5.41, 5.74) is 0.102. The van der Waals surface area contributed by atoms with Gasteiger partial charge in [0.05, 0.1) is 11.6 Å². The molecule has 0 spiro atoms. The number of fused-ring (bicyclic) bond motifs is 1. The quantitative estimate of drug-likeness (QED) is 0.585. The van der Waals surface area contributed by atoms with E-state index in [1.807, 2.05) is 6.92 Å². The Hall–Kier alpha value is -1.92. The van der Waals surface area contributed by atoms with E-state index in [-0.39, 0.29) is 29.8 Å². The average molecular weight is 454 g/mol. The predicted molar refractivity (Wildman–Crippen MR) is 116 cm³/mol. The van der Waals surface area contributed by atoms with Gasteiger partial charge in [-0.25, -0.2) is 4.79 Å². The van der Waals surface area contributed by atoms with Crippen molar-refractivity contribution in [3.05, 3.63) is 28.8 Å². The second-order valence-electron chi connectivity index (χ2n) is 11.1. The highest BCUT2D eigenvalue weighted by Crippen LogP contribution is 2.46. The molecule has 4 rings (SSSR count). The minimum Gasteiger partial charge on any atom is -0.490 e. The highest BCUT2D eigenvalue weighted by molar-refractivity contribution is 5.70. The van der Waals surface area contributed by atoms with Crippen LogP contribution in [0.4, 0.5) is 18.0 Å². The number of alkyl carbamates (subject to hydrolysis) is 1. The molecule has 1 N–H and O–H groups in total. The number of halogens is 3. The van der Waals surface area contributed by atoms with E-state index in [0.717, 1.165) is 25.7 Å². The number of hydrogen-bond donors (Lipinski definition) is 1. The zero-order valence-electron chi connectivity index (χ0n) is 19.4. The molecule has 4 nitrogen and oxygen atoms in total. The van der Waals surface area contributed by atoms with E-state index >= 15 is 0 Å². The first-order chi connectivity index (χ1) is 14.9. The summed E-state index contributed by atoms with van der Waals surface area (Å²) in [5.74, 6) is 0.575. The lowest BCUT2D eigenvalue weighted by atomic mass is 9.72. The molecule has 7 heteroatoms. The Morgan fingerprint density at radius 1 is 1.09 bits per heavy atom. The Kier molecular flexibility index (Phi) is 5.91. The number of carbonyl (C=O) groups excluding carboxylic acids is 1. The van der Waals surface area contributed by atoms with Gasteiger partial charge in [0.1, 0.15) is 17.9 Å². The van der Waals surface area contributed by atoms with Crippen LogP contribution in [0, 0.1) is 17.3 Å². The van der Waals surface area contributed by atoms with Gasteiger partial charge in [0.25, 0.3) is 0 Å². The van der Waals surface area contributed by atoms with Crippen LogP contribution in [-0.2, 0) is 23.8 Å². The van der Waals surface area contributed by atoms with Gasteiger partial charge in [0.2, 0.25) is 0 Å². The number of nitrogens with one attached hydrogen (secondary N) is 1. The fourth-order valence-corrected chi connectivity index (χ4v) is 5.75. The van der Waals surface area contributed by atoms with Gasteiger partial charge in [0, 0.05) is 0 Å². The third-order valence-corrected chi connectivity index (χ3v) is 7.85. The molecule has 1 saturated carbocycles. The first-order valence-electron chi connectivity index (χ1n) is 11.7. The molecule has 2 fully saturated rings. The molecular weight excluding hydrogens is 419 g/mol. The Morgan fingerprint density at radius 3 is 2.34 bits per heavy atom. The van der Waals surface area contributed by atoms with Gasteiger partial charge in [-0.3, -0.25) is 0 Å². The summed E-state index contributed by atoms with van der Waals surface area (Å²) < 4.78 is 53.6. The normalized spacial score (nSPS) is 31.0. The second kappa shape index (κ2) is 8.14. The van der Waals surface area contributed by atoms with Gasteiger partial charge in [-0.2, -0.15) is 13.2 Å². The molecule has 1 aromatic carbocycles. The van der Waals surface area contributed by atoms with Crippen LogP contribution in [-0.4, -0.2) is 24.3 Å². The summed E-state index contributed by atoms with van der Waals surface area (Å²) in [7, 11) is 0. The van der Waals surface area contributed by atoms with Crippen molar-refractivity contribution in [3.8, 4) is 5.75 Å². The predicted octanol–water partition coefficient (Wildman–Crippen LogP) is 6.29. The number of hydrogen-bond acceptors (Lipinski definition) is 3. The zero-order chi connectivity index (χ0) is 23.3. The van der Waals surface area contributed by atoms with E-state index in [4.69, 9.17) is 9.47 Å². The lowest BCUT2D eigenvalue weighted by Gasteiger charge is -2.38. The van der Waals surface area contributed by atoms with Gasteiger partial charge in [-0.05, 0) is 86.3 Å². The monoisotopic (exact) mass is 453 g/mol. The van der Waals surface area contributed by atoms with E-state index in [1.54, 1.807) is 6.07 Å². The molecule has 178 valence electrons. The third-order valence-electron chi connectivity index (χ3n) is 7.85. The van der Waals surface area contributed by atoms with Gasteiger partial charge < -0.3 is 14.8 Å². The number of alkyl halides is 3. The van der Waals surface area contributed by atoms with E-state index < -0.39 is 23.4 Å². The van der Waals surface area contributed by atoms with Gasteiger partial charge in [0.15, 0.2) is 0 Å². The highest BCUT2D eigenvalue weighted by atomic mass is 19.4. The average Bonchev–Trinajstić information content (AvgIpc) is 3.06. The molecule has 1 amide bonds. The fraction of sp³-hybridized carbons (Fsp3) is 0.720. The molecule has 0 radical (unpaired) electrons. The van der Waals surface area contributed by atoms with Gasteiger partial charge in [-0.15, -0.1) is 0 Å². The molecule has 0 unspecified atom stereocenters. The van der Waals surface area contributed by atoms with E-state index in [2.05, 4.69) is 26.1 Å². The summed E-state index contributed by atoms with van der Waals surface area (Å²) in [5, 5.41) is 2.85. The van der Waals surface area contributed by atoms with Crippen molar-refractivity contribution in [1.29, 1.82) is 0 Å². The van der Waals surface area contributed by atoms with Crippen LogP contribution in [0.5, 0.6) is 5.75 Å². The summed E-state index contributed by atoms with van der Waals surface area (Å²) in [6.07, 6.45) is -0.200. The lowest BCUT2D eigenvalue weighted by molar-refractivity contribution is -0.140. The van der Waals surface area contributed by atoms with E-state index in [1.165, 1.54) is 6.07 Å². The van der Waals surface area contributed by atoms with Crippen molar-refractivity contribution in [2.75, 3.05) is 6.61 Å². The number of ether oxygens (including phenoxy) is 2. The number of rotatable bonds is 3. The highest BCUT2D eigenvalue weighted by Gasteiger charge is 2.46. The molecular formula is C25H34F3NO3. The number of carbonyl (C=O) groups is 1. The first-order valence-corrected chi connectivity index (χ1v) is 11.7. The molecule has 32 heavy (non-hydrogen) atoms. The van der Waals surface area contributed by atoms with E-state index in [0.29, 0.717) is 36.3 Å². The van der Waals surface area contributed by atoms with Crippen LogP contribution >= 0.6 is 0 Å². The molecule has 3 aliphatic rings. The van der Waals surface area contributed by atoms with Crippen molar-refractivity contribution in [2.24, 2.45) is 17.3 Å². The Balaban J connectivity index is 1.54. The summed E-state index contributed by atoms with van der Waals surface area (Å²) in [6.45, 7) is 8.82. The summed E-state index contributed by atoms with van der Waals surface area (Å²) in [4.78, 5) is 11.5. The van der Waals surface area contributed by atoms with Gasteiger partial charge >= 0.3 is 12.3 Å². The molecule has 1 aliphatic heterocycles.